The highest BCUT2D eigenvalue weighted by molar-refractivity contribution is 5.95. The van der Waals surface area contributed by atoms with E-state index in [0.29, 0.717) is 18.7 Å². The van der Waals surface area contributed by atoms with E-state index in [4.69, 9.17) is 5.26 Å². The Morgan fingerprint density at radius 1 is 1.30 bits per heavy atom. The third kappa shape index (κ3) is 2.97. The molecule has 5 nitrogen and oxygen atoms in total. The molecule has 1 fully saturated rings. The Morgan fingerprint density at radius 2 is 1.95 bits per heavy atom. The van der Waals surface area contributed by atoms with Gasteiger partial charge in [0.15, 0.2) is 0 Å². The maximum atomic E-state index is 12.5. The fraction of sp³-hybridized carbons (Fsp3) is 0.533. The average Bonchev–Trinajstić information content (AvgIpc) is 2.46. The van der Waals surface area contributed by atoms with Gasteiger partial charge in [0.25, 0.3) is 5.91 Å². The SMILES string of the molecule is Cc1ccc(C(=O)N2CCN(C(C)C#N)CC2)c(C)n1. The van der Waals surface area contributed by atoms with Crippen LogP contribution in [0.25, 0.3) is 0 Å². The van der Waals surface area contributed by atoms with Crippen LogP contribution in [0.3, 0.4) is 0 Å². The standard InChI is InChI=1S/C15H20N4O/c1-11-4-5-14(13(3)17-11)15(20)19-8-6-18(7-9-19)12(2)10-16/h4-5,12H,6-9H2,1-3H3. The van der Waals surface area contributed by atoms with Crippen molar-refractivity contribution in [2.45, 2.75) is 26.8 Å². The molecular formula is C15H20N4O. The predicted octanol–water partition coefficient (Wildman–Crippen LogP) is 1.37. The zero-order valence-corrected chi connectivity index (χ0v) is 12.3. The van der Waals surface area contributed by atoms with Crippen molar-refractivity contribution in [2.24, 2.45) is 0 Å². The zero-order chi connectivity index (χ0) is 14.7. The molecule has 1 aliphatic rings. The van der Waals surface area contributed by atoms with Crippen LogP contribution < -0.4 is 0 Å². The summed E-state index contributed by atoms with van der Waals surface area (Å²) in [7, 11) is 0. The van der Waals surface area contributed by atoms with E-state index >= 15 is 0 Å². The number of hydrogen-bond donors (Lipinski definition) is 0. The van der Waals surface area contributed by atoms with E-state index in [2.05, 4.69) is 16.0 Å². The van der Waals surface area contributed by atoms with Crippen molar-refractivity contribution >= 4 is 5.91 Å². The number of aryl methyl sites for hydroxylation is 2. The normalized spacial score (nSPS) is 17.6. The molecule has 20 heavy (non-hydrogen) atoms. The van der Waals surface area contributed by atoms with Crippen molar-refractivity contribution in [3.05, 3.63) is 29.1 Å². The number of aromatic nitrogens is 1. The van der Waals surface area contributed by atoms with E-state index < -0.39 is 0 Å². The second-order valence-electron chi connectivity index (χ2n) is 5.22. The second-order valence-corrected chi connectivity index (χ2v) is 5.22. The summed E-state index contributed by atoms with van der Waals surface area (Å²) >= 11 is 0. The quantitative estimate of drug-likeness (QED) is 0.816. The summed E-state index contributed by atoms with van der Waals surface area (Å²) in [6, 6.07) is 5.87. The number of carbonyl (C=O) groups is 1. The van der Waals surface area contributed by atoms with Gasteiger partial charge in [0.1, 0.15) is 0 Å². The maximum Gasteiger partial charge on any atom is 0.255 e. The summed E-state index contributed by atoms with van der Waals surface area (Å²) in [4.78, 5) is 20.8. The average molecular weight is 272 g/mol. The number of hydrogen-bond acceptors (Lipinski definition) is 4. The van der Waals surface area contributed by atoms with Crippen molar-refractivity contribution in [3.8, 4) is 6.07 Å². The molecule has 106 valence electrons. The number of amides is 1. The van der Waals surface area contributed by atoms with E-state index in [1.165, 1.54) is 0 Å². The van der Waals surface area contributed by atoms with Crippen LogP contribution in [-0.2, 0) is 0 Å². The lowest BCUT2D eigenvalue weighted by atomic mass is 10.1. The first-order valence-electron chi connectivity index (χ1n) is 6.90. The summed E-state index contributed by atoms with van der Waals surface area (Å²) in [5.41, 5.74) is 2.38. The van der Waals surface area contributed by atoms with Crippen LogP contribution in [0.4, 0.5) is 0 Å². The molecule has 1 atom stereocenters. The minimum Gasteiger partial charge on any atom is -0.336 e. The molecule has 0 saturated carbocycles. The van der Waals surface area contributed by atoms with Gasteiger partial charge in [-0.2, -0.15) is 5.26 Å². The monoisotopic (exact) mass is 272 g/mol. The van der Waals surface area contributed by atoms with Crippen LogP contribution in [-0.4, -0.2) is 52.9 Å². The number of carbonyl (C=O) groups excluding carboxylic acids is 1. The van der Waals surface area contributed by atoms with Gasteiger partial charge < -0.3 is 4.90 Å². The van der Waals surface area contributed by atoms with Crippen molar-refractivity contribution in [3.63, 3.8) is 0 Å². The summed E-state index contributed by atoms with van der Waals surface area (Å²) in [6.45, 7) is 8.51. The Bertz CT molecular complexity index is 541. The summed E-state index contributed by atoms with van der Waals surface area (Å²) in [5.74, 6) is 0.0410. The fourth-order valence-corrected chi connectivity index (χ4v) is 2.48. The van der Waals surface area contributed by atoms with Gasteiger partial charge in [0.05, 0.1) is 23.4 Å². The van der Waals surface area contributed by atoms with Crippen molar-refractivity contribution in [1.82, 2.24) is 14.8 Å². The maximum absolute atomic E-state index is 12.5. The van der Waals surface area contributed by atoms with Gasteiger partial charge in [-0.25, -0.2) is 0 Å². The highest BCUT2D eigenvalue weighted by atomic mass is 16.2. The summed E-state index contributed by atoms with van der Waals surface area (Å²) < 4.78 is 0. The van der Waals surface area contributed by atoms with E-state index in [0.717, 1.165) is 24.5 Å². The first-order chi connectivity index (χ1) is 9.52. The molecule has 5 heteroatoms. The van der Waals surface area contributed by atoms with Crippen LogP contribution >= 0.6 is 0 Å². The Morgan fingerprint density at radius 3 is 2.50 bits per heavy atom. The van der Waals surface area contributed by atoms with Crippen molar-refractivity contribution < 1.29 is 4.79 Å². The van der Waals surface area contributed by atoms with Gasteiger partial charge in [0.2, 0.25) is 0 Å². The molecule has 0 N–H and O–H groups in total. The first-order valence-corrected chi connectivity index (χ1v) is 6.90. The largest absolute Gasteiger partial charge is 0.336 e. The van der Waals surface area contributed by atoms with Gasteiger partial charge in [-0.15, -0.1) is 0 Å². The van der Waals surface area contributed by atoms with Crippen LogP contribution in [0.1, 0.15) is 28.7 Å². The van der Waals surface area contributed by atoms with Gasteiger partial charge >= 0.3 is 0 Å². The molecule has 0 aromatic carbocycles. The van der Waals surface area contributed by atoms with Crippen LogP contribution in [0.2, 0.25) is 0 Å². The van der Waals surface area contributed by atoms with E-state index in [1.807, 2.05) is 37.8 Å². The number of pyridine rings is 1. The lowest BCUT2D eigenvalue weighted by molar-refractivity contribution is 0.0614. The fourth-order valence-electron chi connectivity index (χ4n) is 2.48. The highest BCUT2D eigenvalue weighted by Crippen LogP contribution is 2.13. The van der Waals surface area contributed by atoms with Crippen molar-refractivity contribution in [2.75, 3.05) is 26.2 Å². The van der Waals surface area contributed by atoms with Crippen LogP contribution in [0.15, 0.2) is 12.1 Å². The third-order valence-corrected chi connectivity index (χ3v) is 3.79. The molecule has 2 heterocycles. The number of nitriles is 1. The molecule has 0 bridgehead atoms. The Balaban J connectivity index is 2.04. The predicted molar refractivity (Wildman–Crippen MR) is 76.3 cm³/mol. The molecule has 0 radical (unpaired) electrons. The van der Waals surface area contributed by atoms with Crippen molar-refractivity contribution in [1.29, 1.82) is 5.26 Å². The molecule has 1 aromatic rings. The molecular weight excluding hydrogens is 252 g/mol. The molecule has 1 aliphatic heterocycles. The van der Waals surface area contributed by atoms with Crippen LogP contribution in [0.5, 0.6) is 0 Å². The number of rotatable bonds is 2. The minimum absolute atomic E-state index is 0.0410. The van der Waals surface area contributed by atoms with Crippen LogP contribution in [0, 0.1) is 25.2 Å². The van der Waals surface area contributed by atoms with E-state index in [-0.39, 0.29) is 11.9 Å². The Labute approximate surface area is 119 Å². The molecule has 1 unspecified atom stereocenters. The lowest BCUT2D eigenvalue weighted by Crippen LogP contribution is -2.51. The highest BCUT2D eigenvalue weighted by Gasteiger charge is 2.25. The minimum atomic E-state index is -0.0879. The Kier molecular flexibility index (Phi) is 4.35. The topological polar surface area (TPSA) is 60.2 Å². The molecule has 0 aliphatic carbocycles. The molecule has 1 saturated heterocycles. The first kappa shape index (κ1) is 14.5. The molecule has 0 spiro atoms. The van der Waals surface area contributed by atoms with Gasteiger partial charge in [-0.05, 0) is 32.9 Å². The lowest BCUT2D eigenvalue weighted by Gasteiger charge is -2.36. The van der Waals surface area contributed by atoms with Gasteiger partial charge in [-0.3, -0.25) is 14.7 Å². The number of nitrogens with zero attached hydrogens (tertiary/aromatic N) is 4. The van der Waals surface area contributed by atoms with Gasteiger partial charge in [0, 0.05) is 31.9 Å². The smallest absolute Gasteiger partial charge is 0.255 e. The molecule has 1 amide bonds. The van der Waals surface area contributed by atoms with E-state index in [1.54, 1.807) is 0 Å². The second kappa shape index (κ2) is 6.02. The Hall–Kier alpha value is -1.93. The zero-order valence-electron chi connectivity index (χ0n) is 12.3. The van der Waals surface area contributed by atoms with Gasteiger partial charge in [-0.1, -0.05) is 0 Å². The molecule has 2 rings (SSSR count). The summed E-state index contributed by atoms with van der Waals surface area (Å²) in [5, 5.41) is 8.92. The number of piperazine rings is 1. The summed E-state index contributed by atoms with van der Waals surface area (Å²) in [6.07, 6.45) is 0. The molecule has 1 aromatic heterocycles. The third-order valence-electron chi connectivity index (χ3n) is 3.79. The van der Waals surface area contributed by atoms with E-state index in [9.17, 15) is 4.79 Å².